The Morgan fingerprint density at radius 3 is 2.92 bits per heavy atom. The van der Waals surface area contributed by atoms with Gasteiger partial charge in [0.15, 0.2) is 5.13 Å². The van der Waals surface area contributed by atoms with Gasteiger partial charge in [-0.3, -0.25) is 9.59 Å². The summed E-state index contributed by atoms with van der Waals surface area (Å²) in [7, 11) is 0. The number of aromatic nitrogens is 3. The van der Waals surface area contributed by atoms with Gasteiger partial charge in [-0.15, -0.1) is 11.3 Å². The lowest BCUT2D eigenvalue weighted by Crippen LogP contribution is -2.37. The normalized spacial score (nSPS) is 11.8. The van der Waals surface area contributed by atoms with Gasteiger partial charge in [0.1, 0.15) is 0 Å². The summed E-state index contributed by atoms with van der Waals surface area (Å²) in [6.45, 7) is 1.43. The zero-order chi connectivity index (χ0) is 18.5. The molecular weight excluding hydrogens is 352 g/mol. The van der Waals surface area contributed by atoms with E-state index in [1.807, 2.05) is 23.6 Å². The van der Waals surface area contributed by atoms with E-state index in [1.54, 1.807) is 18.6 Å². The highest BCUT2D eigenvalue weighted by Crippen LogP contribution is 2.26. The lowest BCUT2D eigenvalue weighted by molar-refractivity contribution is -0.117. The fourth-order valence-electron chi connectivity index (χ4n) is 2.33. The summed E-state index contributed by atoms with van der Waals surface area (Å²) in [5.41, 5.74) is 8.92. The highest BCUT2D eigenvalue weighted by atomic mass is 32.1. The fourth-order valence-corrected chi connectivity index (χ4v) is 3.10. The zero-order valence-electron chi connectivity index (χ0n) is 14.0. The van der Waals surface area contributed by atoms with Crippen molar-refractivity contribution in [2.75, 3.05) is 10.6 Å². The third-order valence-electron chi connectivity index (χ3n) is 3.54. The van der Waals surface area contributed by atoms with Crippen LogP contribution in [0.25, 0.3) is 11.3 Å². The van der Waals surface area contributed by atoms with Crippen molar-refractivity contribution >= 4 is 34.0 Å². The first-order chi connectivity index (χ1) is 12.5. The minimum absolute atomic E-state index is 0.168. The number of hydrogen-bond acceptors (Lipinski definition) is 6. The van der Waals surface area contributed by atoms with Crippen LogP contribution >= 0.6 is 11.3 Å². The Labute approximate surface area is 153 Å². The van der Waals surface area contributed by atoms with Crippen molar-refractivity contribution in [1.82, 2.24) is 15.0 Å². The van der Waals surface area contributed by atoms with E-state index < -0.39 is 6.04 Å². The van der Waals surface area contributed by atoms with Gasteiger partial charge in [-0.2, -0.15) is 0 Å². The number of nitrogens with one attached hydrogen (secondary N) is 3. The van der Waals surface area contributed by atoms with Gasteiger partial charge < -0.3 is 21.4 Å². The molecular formula is C17H18N6O2S. The Morgan fingerprint density at radius 2 is 2.19 bits per heavy atom. The molecule has 0 fully saturated rings. The van der Waals surface area contributed by atoms with Crippen molar-refractivity contribution in [3.63, 3.8) is 0 Å². The molecule has 1 aromatic carbocycles. The van der Waals surface area contributed by atoms with E-state index in [0.717, 1.165) is 17.0 Å². The van der Waals surface area contributed by atoms with Crippen molar-refractivity contribution in [3.8, 4) is 11.3 Å². The topological polar surface area (TPSA) is 126 Å². The van der Waals surface area contributed by atoms with Gasteiger partial charge in [-0.05, 0) is 12.1 Å². The molecule has 26 heavy (non-hydrogen) atoms. The maximum absolute atomic E-state index is 12.3. The molecule has 0 bridgehead atoms. The summed E-state index contributed by atoms with van der Waals surface area (Å²) in [6.07, 6.45) is 3.56. The molecule has 5 N–H and O–H groups in total. The molecule has 0 saturated carbocycles. The highest BCUT2D eigenvalue weighted by molar-refractivity contribution is 7.14. The molecule has 2 aromatic heterocycles. The Kier molecular flexibility index (Phi) is 5.40. The number of aromatic amines is 1. The smallest absolute Gasteiger partial charge is 0.241 e. The number of amides is 2. The average molecular weight is 370 g/mol. The van der Waals surface area contributed by atoms with Crippen LogP contribution in [0.3, 0.4) is 0 Å². The molecule has 2 amide bonds. The average Bonchev–Trinajstić information content (AvgIpc) is 3.26. The number of rotatable bonds is 6. The summed E-state index contributed by atoms with van der Waals surface area (Å²) in [4.78, 5) is 34.6. The summed E-state index contributed by atoms with van der Waals surface area (Å²) >= 11 is 1.34. The SMILES string of the molecule is CC(=O)Nc1nc(-c2cccc(NC(=O)[C@H](N)Cc3cnc[nH]3)c2)cs1. The van der Waals surface area contributed by atoms with Crippen LogP contribution in [0.4, 0.5) is 10.8 Å². The van der Waals surface area contributed by atoms with Crippen molar-refractivity contribution in [3.05, 3.63) is 47.9 Å². The van der Waals surface area contributed by atoms with E-state index in [1.165, 1.54) is 18.3 Å². The van der Waals surface area contributed by atoms with Gasteiger partial charge in [0.2, 0.25) is 11.8 Å². The summed E-state index contributed by atoms with van der Waals surface area (Å²) in [5.74, 6) is -0.452. The molecule has 0 aliphatic carbocycles. The first-order valence-electron chi connectivity index (χ1n) is 7.88. The lowest BCUT2D eigenvalue weighted by atomic mass is 10.1. The van der Waals surface area contributed by atoms with Crippen LogP contribution in [0.2, 0.25) is 0 Å². The first kappa shape index (κ1) is 17.8. The van der Waals surface area contributed by atoms with Gasteiger partial charge in [-0.1, -0.05) is 12.1 Å². The maximum Gasteiger partial charge on any atom is 0.241 e. The number of nitrogens with two attached hydrogens (primary N) is 1. The largest absolute Gasteiger partial charge is 0.348 e. The minimum Gasteiger partial charge on any atom is -0.348 e. The Morgan fingerprint density at radius 1 is 1.35 bits per heavy atom. The minimum atomic E-state index is -0.690. The monoisotopic (exact) mass is 370 g/mol. The number of benzene rings is 1. The number of imidazole rings is 1. The second-order valence-corrected chi connectivity index (χ2v) is 6.53. The van der Waals surface area contributed by atoms with Crippen LogP contribution in [-0.2, 0) is 16.0 Å². The third kappa shape index (κ3) is 4.52. The molecule has 0 radical (unpaired) electrons. The van der Waals surface area contributed by atoms with Gasteiger partial charge >= 0.3 is 0 Å². The molecule has 0 unspecified atom stereocenters. The Bertz CT molecular complexity index is 906. The van der Waals surface area contributed by atoms with Crippen molar-refractivity contribution in [2.24, 2.45) is 5.73 Å². The number of carbonyl (C=O) groups excluding carboxylic acids is 2. The number of nitrogens with zero attached hydrogens (tertiary/aromatic N) is 2. The van der Waals surface area contributed by atoms with E-state index in [0.29, 0.717) is 17.2 Å². The van der Waals surface area contributed by atoms with Crippen LogP contribution in [0.5, 0.6) is 0 Å². The Balaban J connectivity index is 1.68. The quantitative estimate of drug-likeness (QED) is 0.528. The highest BCUT2D eigenvalue weighted by Gasteiger charge is 2.15. The summed E-state index contributed by atoms with van der Waals surface area (Å²) < 4.78 is 0. The molecule has 0 spiro atoms. The predicted octanol–water partition coefficient (Wildman–Crippen LogP) is 2.00. The molecule has 0 saturated heterocycles. The summed E-state index contributed by atoms with van der Waals surface area (Å²) in [5, 5.41) is 7.84. The van der Waals surface area contributed by atoms with Gasteiger partial charge in [0, 0.05) is 41.9 Å². The van der Waals surface area contributed by atoms with Crippen LogP contribution in [0, 0.1) is 0 Å². The van der Waals surface area contributed by atoms with Crippen LogP contribution < -0.4 is 16.4 Å². The maximum atomic E-state index is 12.3. The molecule has 134 valence electrons. The van der Waals surface area contributed by atoms with Crippen LogP contribution in [0.1, 0.15) is 12.6 Å². The van der Waals surface area contributed by atoms with E-state index in [-0.39, 0.29) is 11.8 Å². The second kappa shape index (κ2) is 7.89. The molecule has 0 aliphatic heterocycles. The Hall–Kier alpha value is -3.04. The van der Waals surface area contributed by atoms with Crippen molar-refractivity contribution in [1.29, 1.82) is 0 Å². The predicted molar refractivity (Wildman–Crippen MR) is 101 cm³/mol. The lowest BCUT2D eigenvalue weighted by Gasteiger charge is -2.12. The van der Waals surface area contributed by atoms with Crippen molar-refractivity contribution in [2.45, 2.75) is 19.4 Å². The number of hydrogen-bond donors (Lipinski definition) is 4. The fraction of sp³-hybridized carbons (Fsp3) is 0.176. The first-order valence-corrected chi connectivity index (χ1v) is 8.76. The number of carbonyl (C=O) groups is 2. The molecule has 8 nitrogen and oxygen atoms in total. The van der Waals surface area contributed by atoms with Gasteiger partial charge in [-0.25, -0.2) is 9.97 Å². The van der Waals surface area contributed by atoms with Crippen LogP contribution in [0.15, 0.2) is 42.2 Å². The molecule has 9 heteroatoms. The van der Waals surface area contributed by atoms with E-state index in [2.05, 4.69) is 25.6 Å². The van der Waals surface area contributed by atoms with Gasteiger partial charge in [0.25, 0.3) is 0 Å². The van der Waals surface area contributed by atoms with Crippen LogP contribution in [-0.4, -0.2) is 32.8 Å². The second-order valence-electron chi connectivity index (χ2n) is 5.68. The third-order valence-corrected chi connectivity index (χ3v) is 4.30. The van der Waals surface area contributed by atoms with E-state index >= 15 is 0 Å². The van der Waals surface area contributed by atoms with Gasteiger partial charge in [0.05, 0.1) is 18.1 Å². The van der Waals surface area contributed by atoms with Crippen molar-refractivity contribution < 1.29 is 9.59 Å². The van der Waals surface area contributed by atoms with E-state index in [9.17, 15) is 9.59 Å². The number of anilines is 2. The number of thiazole rings is 1. The standard InChI is InChI=1S/C17H18N6O2S/c1-10(24)21-17-23-15(8-26-17)11-3-2-4-12(5-11)22-16(25)14(18)6-13-7-19-9-20-13/h2-5,7-9,14H,6,18H2,1H3,(H,19,20)(H,22,25)(H,21,23,24)/t14-/m1/s1. The molecule has 3 rings (SSSR count). The molecule has 0 aliphatic rings. The molecule has 2 heterocycles. The zero-order valence-corrected chi connectivity index (χ0v) is 14.8. The molecule has 1 atom stereocenters. The van der Waals surface area contributed by atoms with E-state index in [4.69, 9.17) is 5.73 Å². The number of H-pyrrole nitrogens is 1. The molecule has 3 aromatic rings. The summed E-state index contributed by atoms with van der Waals surface area (Å²) in [6, 6.07) is 6.61.